The molecule has 1 atom stereocenters. The van der Waals surface area contributed by atoms with Crippen molar-refractivity contribution in [1.82, 2.24) is 5.32 Å². The Labute approximate surface area is 160 Å². The molecule has 5 nitrogen and oxygen atoms in total. The number of hydrogen-bond donors (Lipinski definition) is 2. The third-order valence-corrected chi connectivity index (χ3v) is 4.62. The van der Waals surface area contributed by atoms with Gasteiger partial charge in [-0.2, -0.15) is 0 Å². The van der Waals surface area contributed by atoms with Crippen LogP contribution in [0.4, 0.5) is 5.69 Å². The van der Waals surface area contributed by atoms with Crippen molar-refractivity contribution in [1.29, 1.82) is 0 Å². The van der Waals surface area contributed by atoms with Gasteiger partial charge in [-0.15, -0.1) is 0 Å². The Balaban J connectivity index is 1.78. The lowest BCUT2D eigenvalue weighted by Crippen LogP contribution is -2.37. The third-order valence-electron chi connectivity index (χ3n) is 4.62. The fraction of sp³-hybridized carbons (Fsp3) is 0.364. The summed E-state index contributed by atoms with van der Waals surface area (Å²) in [5.74, 6) is 0.269. The zero-order chi connectivity index (χ0) is 19.2. The monoisotopic (exact) mass is 365 g/mol. The van der Waals surface area contributed by atoms with E-state index in [1.165, 1.54) is 5.56 Å². The molecule has 142 valence electrons. The number of guanidine groups is 1. The highest BCUT2D eigenvalue weighted by Crippen LogP contribution is 2.17. The minimum atomic E-state index is -0.179. The molecule has 0 saturated carbocycles. The molecule has 1 saturated heterocycles. The largest absolute Gasteiger partial charge is 0.376 e. The van der Waals surface area contributed by atoms with E-state index in [0.717, 1.165) is 36.3 Å². The molecule has 3 rings (SSSR count). The van der Waals surface area contributed by atoms with Crippen molar-refractivity contribution >= 4 is 17.6 Å². The molecule has 2 aromatic rings. The van der Waals surface area contributed by atoms with Gasteiger partial charge in [0.1, 0.15) is 0 Å². The highest BCUT2D eigenvalue weighted by atomic mass is 16.5. The molecular weight excluding hydrogens is 338 g/mol. The molecular formula is C22H27N3O2. The van der Waals surface area contributed by atoms with E-state index in [1.807, 2.05) is 44.2 Å². The number of hydrogen-bond acceptors (Lipinski definition) is 3. The Bertz CT molecular complexity index is 839. The second kappa shape index (κ2) is 8.82. The summed E-state index contributed by atoms with van der Waals surface area (Å²) in [6.45, 7) is 7.38. The summed E-state index contributed by atoms with van der Waals surface area (Å²) in [5.41, 5.74) is 4.88. The predicted molar refractivity (Wildman–Crippen MR) is 109 cm³/mol. The van der Waals surface area contributed by atoms with Crippen molar-refractivity contribution in [3.63, 3.8) is 0 Å². The lowest BCUT2D eigenvalue weighted by Gasteiger charge is -2.15. The van der Waals surface area contributed by atoms with Crippen molar-refractivity contribution in [2.24, 2.45) is 4.99 Å². The number of ether oxygens (including phenoxy) is 1. The van der Waals surface area contributed by atoms with E-state index in [1.54, 1.807) is 6.07 Å². The SMILES string of the molecule is Cc1cccc(C(=O)NC(=NC[C@H]2CCCO2)Nc2ccc(C)cc2C)c1. The molecule has 0 aromatic heterocycles. The fourth-order valence-corrected chi connectivity index (χ4v) is 3.14. The van der Waals surface area contributed by atoms with E-state index < -0.39 is 0 Å². The van der Waals surface area contributed by atoms with Gasteiger partial charge in [0, 0.05) is 17.9 Å². The summed E-state index contributed by atoms with van der Waals surface area (Å²) < 4.78 is 5.65. The van der Waals surface area contributed by atoms with Crippen LogP contribution in [0.2, 0.25) is 0 Å². The van der Waals surface area contributed by atoms with E-state index in [0.29, 0.717) is 18.1 Å². The first-order valence-corrected chi connectivity index (χ1v) is 9.39. The van der Waals surface area contributed by atoms with Crippen molar-refractivity contribution < 1.29 is 9.53 Å². The van der Waals surface area contributed by atoms with Crippen LogP contribution in [-0.4, -0.2) is 31.1 Å². The van der Waals surface area contributed by atoms with Crippen LogP contribution in [0.5, 0.6) is 0 Å². The number of anilines is 1. The summed E-state index contributed by atoms with van der Waals surface area (Å²) in [5, 5.41) is 6.20. The van der Waals surface area contributed by atoms with Gasteiger partial charge in [-0.25, -0.2) is 4.99 Å². The van der Waals surface area contributed by atoms with Crippen LogP contribution in [-0.2, 0) is 4.74 Å². The summed E-state index contributed by atoms with van der Waals surface area (Å²) in [4.78, 5) is 17.3. The standard InChI is InChI=1S/C22H27N3O2/c1-15-6-4-7-18(13-15)21(26)25-22(23-14-19-8-5-11-27-19)24-20-10-9-16(2)12-17(20)3/h4,6-7,9-10,12-13,19H,5,8,11,14H2,1-3H3,(H2,23,24,25,26)/t19-/m1/s1. The number of amides is 1. The second-order valence-electron chi connectivity index (χ2n) is 7.09. The first kappa shape index (κ1) is 19.1. The lowest BCUT2D eigenvalue weighted by molar-refractivity contribution is 0.0975. The van der Waals surface area contributed by atoms with Crippen molar-refractivity contribution in [2.75, 3.05) is 18.5 Å². The molecule has 0 spiro atoms. The van der Waals surface area contributed by atoms with Gasteiger partial charge in [0.05, 0.1) is 12.6 Å². The maximum atomic E-state index is 12.7. The van der Waals surface area contributed by atoms with Crippen LogP contribution >= 0.6 is 0 Å². The van der Waals surface area contributed by atoms with Gasteiger partial charge >= 0.3 is 0 Å². The van der Waals surface area contributed by atoms with E-state index in [9.17, 15) is 4.79 Å². The number of rotatable bonds is 4. The molecule has 5 heteroatoms. The van der Waals surface area contributed by atoms with Gasteiger partial charge in [-0.1, -0.05) is 35.4 Å². The molecule has 1 aliphatic rings. The minimum Gasteiger partial charge on any atom is -0.376 e. The molecule has 1 amide bonds. The molecule has 0 unspecified atom stereocenters. The Morgan fingerprint density at radius 1 is 1.15 bits per heavy atom. The third kappa shape index (κ3) is 5.41. The topological polar surface area (TPSA) is 62.7 Å². The summed E-state index contributed by atoms with van der Waals surface area (Å²) in [6.07, 6.45) is 2.19. The summed E-state index contributed by atoms with van der Waals surface area (Å²) in [6, 6.07) is 13.7. The molecule has 2 aromatic carbocycles. The number of carbonyl (C=O) groups is 1. The molecule has 1 fully saturated rings. The fourth-order valence-electron chi connectivity index (χ4n) is 3.14. The number of carbonyl (C=O) groups excluding carboxylic acids is 1. The zero-order valence-corrected chi connectivity index (χ0v) is 16.2. The highest BCUT2D eigenvalue weighted by Gasteiger charge is 2.16. The molecule has 2 N–H and O–H groups in total. The maximum absolute atomic E-state index is 12.7. The van der Waals surface area contributed by atoms with Gasteiger partial charge < -0.3 is 10.1 Å². The Morgan fingerprint density at radius 2 is 1.96 bits per heavy atom. The van der Waals surface area contributed by atoms with Gasteiger partial charge in [0.25, 0.3) is 5.91 Å². The molecule has 0 bridgehead atoms. The van der Waals surface area contributed by atoms with E-state index in [2.05, 4.69) is 28.6 Å². The molecule has 27 heavy (non-hydrogen) atoms. The van der Waals surface area contributed by atoms with Gasteiger partial charge in [-0.3, -0.25) is 10.1 Å². The second-order valence-corrected chi connectivity index (χ2v) is 7.09. The van der Waals surface area contributed by atoms with Crippen LogP contribution in [0.25, 0.3) is 0 Å². The Kier molecular flexibility index (Phi) is 6.24. The molecule has 0 aliphatic carbocycles. The van der Waals surface area contributed by atoms with Crippen LogP contribution in [0.3, 0.4) is 0 Å². The molecule has 0 radical (unpaired) electrons. The van der Waals surface area contributed by atoms with E-state index >= 15 is 0 Å². The summed E-state index contributed by atoms with van der Waals surface area (Å²) >= 11 is 0. The number of aliphatic imine (C=N–C) groups is 1. The Morgan fingerprint density at radius 3 is 2.67 bits per heavy atom. The van der Waals surface area contributed by atoms with E-state index in [4.69, 9.17) is 4.74 Å². The van der Waals surface area contributed by atoms with Crippen LogP contribution < -0.4 is 10.6 Å². The number of benzene rings is 2. The number of nitrogens with zero attached hydrogens (tertiary/aromatic N) is 1. The average Bonchev–Trinajstić information content (AvgIpc) is 3.15. The normalized spacial score (nSPS) is 17.0. The quantitative estimate of drug-likeness (QED) is 0.636. The molecule has 1 heterocycles. The van der Waals surface area contributed by atoms with Gasteiger partial charge in [0.15, 0.2) is 0 Å². The van der Waals surface area contributed by atoms with Crippen molar-refractivity contribution in [2.45, 2.75) is 39.7 Å². The highest BCUT2D eigenvalue weighted by molar-refractivity contribution is 6.10. The average molecular weight is 365 g/mol. The number of nitrogens with one attached hydrogen (secondary N) is 2. The van der Waals surface area contributed by atoms with Crippen LogP contribution in [0.15, 0.2) is 47.5 Å². The smallest absolute Gasteiger partial charge is 0.257 e. The van der Waals surface area contributed by atoms with E-state index in [-0.39, 0.29) is 12.0 Å². The first-order valence-electron chi connectivity index (χ1n) is 9.39. The first-order chi connectivity index (χ1) is 13.0. The minimum absolute atomic E-state index is 0.122. The van der Waals surface area contributed by atoms with Gasteiger partial charge in [-0.05, 0) is 57.4 Å². The maximum Gasteiger partial charge on any atom is 0.257 e. The Hall–Kier alpha value is -2.66. The van der Waals surface area contributed by atoms with Crippen molar-refractivity contribution in [3.05, 3.63) is 64.7 Å². The zero-order valence-electron chi connectivity index (χ0n) is 16.2. The molecule has 1 aliphatic heterocycles. The van der Waals surface area contributed by atoms with Gasteiger partial charge in [0.2, 0.25) is 5.96 Å². The number of aryl methyl sites for hydroxylation is 3. The summed E-state index contributed by atoms with van der Waals surface area (Å²) in [7, 11) is 0. The van der Waals surface area contributed by atoms with Crippen LogP contribution in [0.1, 0.15) is 39.9 Å². The van der Waals surface area contributed by atoms with Crippen molar-refractivity contribution in [3.8, 4) is 0 Å². The van der Waals surface area contributed by atoms with Crippen LogP contribution in [0, 0.1) is 20.8 Å². The predicted octanol–water partition coefficient (Wildman–Crippen LogP) is 3.99. The lowest BCUT2D eigenvalue weighted by atomic mass is 10.1.